The Morgan fingerprint density at radius 3 is 2.47 bits per heavy atom. The van der Waals surface area contributed by atoms with E-state index in [1.54, 1.807) is 10.9 Å². The third-order valence-corrected chi connectivity index (χ3v) is 9.21. The van der Waals surface area contributed by atoms with Gasteiger partial charge in [-0.05, 0) is 53.4 Å². The van der Waals surface area contributed by atoms with E-state index in [1.807, 2.05) is 16.7 Å². The average molecular weight is 472 g/mol. The number of nitrogens with zero attached hydrogens (tertiary/aromatic N) is 3. The molecule has 34 heavy (non-hydrogen) atoms. The van der Waals surface area contributed by atoms with Crippen LogP contribution in [-0.2, 0) is 5.75 Å². The number of benzene rings is 2. The van der Waals surface area contributed by atoms with Crippen LogP contribution in [0, 0.1) is 11.3 Å². The van der Waals surface area contributed by atoms with Crippen molar-refractivity contribution in [2.45, 2.75) is 36.0 Å². The van der Waals surface area contributed by atoms with Gasteiger partial charge in [-0.1, -0.05) is 42.5 Å². The fourth-order valence-corrected chi connectivity index (χ4v) is 7.48. The minimum absolute atomic E-state index is 0.0669. The number of carbonyl (C=O) groups excluding carboxylic acids is 1. The second-order valence-electron chi connectivity index (χ2n) is 10.2. The lowest BCUT2D eigenvalue weighted by Crippen LogP contribution is -2.63. The maximum absolute atomic E-state index is 13.6. The highest BCUT2D eigenvalue weighted by Crippen LogP contribution is 2.64. The van der Waals surface area contributed by atoms with Gasteiger partial charge in [0.1, 0.15) is 6.67 Å². The van der Waals surface area contributed by atoms with Gasteiger partial charge in [-0.25, -0.2) is 0 Å². The zero-order chi connectivity index (χ0) is 23.0. The van der Waals surface area contributed by atoms with Gasteiger partial charge in [-0.3, -0.25) is 19.3 Å². The molecule has 1 atom stereocenters. The van der Waals surface area contributed by atoms with E-state index in [0.29, 0.717) is 13.2 Å². The molecule has 7 heteroatoms. The Kier molecular flexibility index (Phi) is 4.25. The molecule has 3 aromatic rings. The largest absolute Gasteiger partial charge is 0.502 e. The molecule has 1 amide bonds. The van der Waals surface area contributed by atoms with Crippen LogP contribution in [-0.4, -0.2) is 33.8 Å². The number of thioether (sulfide) groups is 1. The molecule has 3 heterocycles. The molecule has 6 nitrogen and oxygen atoms in total. The maximum Gasteiger partial charge on any atom is 0.277 e. The van der Waals surface area contributed by atoms with Gasteiger partial charge in [0.2, 0.25) is 5.43 Å². The summed E-state index contributed by atoms with van der Waals surface area (Å²) >= 11 is 1.82. The molecular weight excluding hydrogens is 446 g/mol. The molecule has 0 unspecified atom stereocenters. The number of hydrogen-bond acceptors (Lipinski definition) is 5. The second kappa shape index (κ2) is 7.15. The predicted molar refractivity (Wildman–Crippen MR) is 131 cm³/mol. The first kappa shape index (κ1) is 20.2. The SMILES string of the molecule is O=C1c2c(O)c(=O)ccn2N([C@H]2c3ccccc3CSc3ccccc32)CN1CC12CC(C1)C2. The lowest BCUT2D eigenvalue weighted by molar-refractivity contribution is -0.120. The van der Waals surface area contributed by atoms with Crippen LogP contribution in [0.4, 0.5) is 0 Å². The van der Waals surface area contributed by atoms with E-state index in [2.05, 4.69) is 53.5 Å². The lowest BCUT2D eigenvalue weighted by Gasteiger charge is -2.63. The summed E-state index contributed by atoms with van der Waals surface area (Å²) in [6.07, 6.45) is 5.17. The summed E-state index contributed by atoms with van der Waals surface area (Å²) in [6, 6.07) is 18.1. The highest BCUT2D eigenvalue weighted by molar-refractivity contribution is 7.98. The summed E-state index contributed by atoms with van der Waals surface area (Å²) in [5.74, 6) is 0.953. The molecule has 0 saturated heterocycles. The lowest BCUT2D eigenvalue weighted by atomic mass is 9.44. The zero-order valence-electron chi connectivity index (χ0n) is 18.7. The van der Waals surface area contributed by atoms with Crippen LogP contribution >= 0.6 is 11.8 Å². The average Bonchev–Trinajstić information content (AvgIpc) is 2.96. The molecular formula is C27H25N3O3S. The summed E-state index contributed by atoms with van der Waals surface area (Å²) in [6.45, 7) is 1.07. The van der Waals surface area contributed by atoms with E-state index < -0.39 is 11.2 Å². The number of hydrogen-bond donors (Lipinski definition) is 1. The van der Waals surface area contributed by atoms with E-state index >= 15 is 0 Å². The Morgan fingerprint density at radius 2 is 1.71 bits per heavy atom. The molecule has 3 saturated carbocycles. The van der Waals surface area contributed by atoms with Crippen molar-refractivity contribution in [1.82, 2.24) is 9.58 Å². The fraction of sp³-hybridized carbons (Fsp3) is 0.333. The Labute approximate surface area is 201 Å². The highest BCUT2D eigenvalue weighted by atomic mass is 32.2. The van der Waals surface area contributed by atoms with Crippen molar-refractivity contribution in [3.05, 3.63) is 93.4 Å². The van der Waals surface area contributed by atoms with Gasteiger partial charge in [-0.15, -0.1) is 11.8 Å². The first-order valence-electron chi connectivity index (χ1n) is 11.8. The van der Waals surface area contributed by atoms with E-state index in [4.69, 9.17) is 0 Å². The standard InChI is InChI=1S/C27H25N3O3S/c31-21-9-10-29-24(25(21)32)26(33)28(15-27-11-17(12-27)13-27)16-30(29)23-19-6-2-1-5-18(19)14-34-22-8-4-3-7-20(22)23/h1-10,17,23,32H,11-16H2/t17?,23-,27?/m0/s1. The molecule has 2 bridgehead atoms. The molecule has 2 aliphatic heterocycles. The fourth-order valence-electron chi connectivity index (χ4n) is 6.39. The highest BCUT2D eigenvalue weighted by Gasteiger charge is 2.58. The van der Waals surface area contributed by atoms with Crippen molar-refractivity contribution in [3.63, 3.8) is 0 Å². The van der Waals surface area contributed by atoms with Crippen LogP contribution in [0.25, 0.3) is 0 Å². The monoisotopic (exact) mass is 471 g/mol. The number of fused-ring (bicyclic) bond motifs is 3. The van der Waals surface area contributed by atoms with Crippen LogP contribution in [0.15, 0.2) is 70.5 Å². The van der Waals surface area contributed by atoms with Crippen molar-refractivity contribution in [1.29, 1.82) is 0 Å². The van der Waals surface area contributed by atoms with E-state index in [1.165, 1.54) is 46.9 Å². The summed E-state index contributed by atoms with van der Waals surface area (Å²) in [5, 5.41) is 12.9. The van der Waals surface area contributed by atoms with Gasteiger partial charge in [0.15, 0.2) is 11.4 Å². The molecule has 172 valence electrons. The van der Waals surface area contributed by atoms with Crippen LogP contribution < -0.4 is 10.4 Å². The first-order valence-corrected chi connectivity index (χ1v) is 12.8. The smallest absolute Gasteiger partial charge is 0.277 e. The van der Waals surface area contributed by atoms with Crippen LogP contribution in [0.5, 0.6) is 5.75 Å². The Balaban J connectivity index is 1.42. The van der Waals surface area contributed by atoms with Gasteiger partial charge < -0.3 is 10.0 Å². The minimum atomic E-state index is -0.524. The summed E-state index contributed by atoms with van der Waals surface area (Å²) < 4.78 is 1.71. The molecule has 0 radical (unpaired) electrons. The van der Waals surface area contributed by atoms with Crippen molar-refractivity contribution in [3.8, 4) is 5.75 Å². The molecule has 8 rings (SSSR count). The normalized spacial score (nSPS) is 26.5. The van der Waals surface area contributed by atoms with Crippen molar-refractivity contribution < 1.29 is 9.90 Å². The van der Waals surface area contributed by atoms with E-state index in [9.17, 15) is 14.7 Å². The Hall–Kier alpha value is -3.19. The van der Waals surface area contributed by atoms with Crippen LogP contribution in [0.3, 0.4) is 0 Å². The van der Waals surface area contributed by atoms with Gasteiger partial charge in [0.25, 0.3) is 5.91 Å². The van der Waals surface area contributed by atoms with Crippen LogP contribution in [0.2, 0.25) is 0 Å². The molecule has 5 aliphatic rings. The summed E-state index contributed by atoms with van der Waals surface area (Å²) in [7, 11) is 0. The quantitative estimate of drug-likeness (QED) is 0.623. The second-order valence-corrected chi connectivity index (χ2v) is 11.2. The number of aromatic hydroxyl groups is 1. The first-order chi connectivity index (χ1) is 16.5. The molecule has 1 aromatic heterocycles. The predicted octanol–water partition coefficient (Wildman–Crippen LogP) is 4.10. The number of pyridine rings is 1. The third-order valence-electron chi connectivity index (χ3n) is 8.07. The molecule has 0 spiro atoms. The van der Waals surface area contributed by atoms with Gasteiger partial charge in [0, 0.05) is 29.5 Å². The summed E-state index contributed by atoms with van der Waals surface area (Å²) in [4.78, 5) is 29.0. The maximum atomic E-state index is 13.6. The van der Waals surface area contributed by atoms with Gasteiger partial charge in [-0.2, -0.15) is 0 Å². The van der Waals surface area contributed by atoms with E-state index in [0.717, 1.165) is 11.7 Å². The Morgan fingerprint density at radius 1 is 0.971 bits per heavy atom. The minimum Gasteiger partial charge on any atom is -0.502 e. The molecule has 1 N–H and O–H groups in total. The number of amides is 1. The number of carbonyl (C=O) groups is 1. The zero-order valence-corrected chi connectivity index (χ0v) is 19.5. The van der Waals surface area contributed by atoms with Crippen molar-refractivity contribution >= 4 is 17.7 Å². The van der Waals surface area contributed by atoms with Gasteiger partial charge in [0.05, 0.1) is 6.04 Å². The van der Waals surface area contributed by atoms with Crippen LogP contribution in [0.1, 0.15) is 52.5 Å². The number of aromatic nitrogens is 1. The molecule has 3 fully saturated rings. The Bertz CT molecular complexity index is 1340. The van der Waals surface area contributed by atoms with Gasteiger partial charge >= 0.3 is 0 Å². The summed E-state index contributed by atoms with van der Waals surface area (Å²) in [5.41, 5.74) is 3.36. The molecule has 2 aromatic carbocycles. The van der Waals surface area contributed by atoms with Crippen molar-refractivity contribution in [2.75, 3.05) is 18.2 Å². The number of rotatable bonds is 3. The third kappa shape index (κ3) is 2.83. The van der Waals surface area contributed by atoms with Crippen molar-refractivity contribution in [2.24, 2.45) is 11.3 Å². The molecule has 3 aliphatic carbocycles. The van der Waals surface area contributed by atoms with E-state index in [-0.39, 0.29) is 23.1 Å². The topological polar surface area (TPSA) is 65.8 Å².